The maximum Gasteiger partial charge on any atom is 0.311 e. The van der Waals surface area contributed by atoms with Crippen LogP contribution in [0.25, 0.3) is 0 Å². The van der Waals surface area contributed by atoms with E-state index in [0.29, 0.717) is 12.2 Å². The number of ether oxygens (including phenoxy) is 1. The SMILES string of the molecule is CCCCC(=O)Oc1ccc(C)cc1C(C)(C)C. The first-order chi connectivity index (χ1) is 8.34. The van der Waals surface area contributed by atoms with Crippen molar-refractivity contribution in [2.45, 2.75) is 59.3 Å². The Morgan fingerprint density at radius 2 is 1.94 bits per heavy atom. The second kappa shape index (κ2) is 6.03. The number of benzene rings is 1. The molecule has 1 aromatic carbocycles. The lowest BCUT2D eigenvalue weighted by atomic mass is 9.85. The molecule has 0 saturated heterocycles. The summed E-state index contributed by atoms with van der Waals surface area (Å²) in [6, 6.07) is 5.99. The van der Waals surface area contributed by atoms with Gasteiger partial charge in [0.05, 0.1) is 0 Å². The molecule has 0 heterocycles. The highest BCUT2D eigenvalue weighted by Crippen LogP contribution is 2.32. The Hall–Kier alpha value is -1.31. The van der Waals surface area contributed by atoms with E-state index in [1.54, 1.807) is 0 Å². The molecule has 2 heteroatoms. The number of rotatable bonds is 4. The number of carbonyl (C=O) groups excluding carboxylic acids is 1. The van der Waals surface area contributed by atoms with Crippen LogP contribution < -0.4 is 4.74 Å². The Kier molecular flexibility index (Phi) is 4.94. The lowest BCUT2D eigenvalue weighted by Gasteiger charge is -2.22. The fourth-order valence-corrected chi connectivity index (χ4v) is 1.81. The van der Waals surface area contributed by atoms with E-state index in [1.807, 2.05) is 12.1 Å². The van der Waals surface area contributed by atoms with Gasteiger partial charge in [-0.3, -0.25) is 4.79 Å². The van der Waals surface area contributed by atoms with Gasteiger partial charge in [-0.1, -0.05) is 51.8 Å². The number of aryl methyl sites for hydroxylation is 1. The molecule has 0 aliphatic heterocycles. The molecule has 0 aromatic heterocycles. The summed E-state index contributed by atoms with van der Waals surface area (Å²) in [4.78, 5) is 11.7. The lowest BCUT2D eigenvalue weighted by Crippen LogP contribution is -2.16. The third kappa shape index (κ3) is 4.17. The molecular formula is C16H24O2. The smallest absolute Gasteiger partial charge is 0.311 e. The molecule has 0 radical (unpaired) electrons. The van der Waals surface area contributed by atoms with Crippen molar-refractivity contribution in [2.75, 3.05) is 0 Å². The van der Waals surface area contributed by atoms with Gasteiger partial charge in [-0.15, -0.1) is 0 Å². The van der Waals surface area contributed by atoms with Gasteiger partial charge in [-0.2, -0.15) is 0 Å². The van der Waals surface area contributed by atoms with Gasteiger partial charge >= 0.3 is 5.97 Å². The van der Waals surface area contributed by atoms with E-state index in [1.165, 1.54) is 5.56 Å². The molecule has 0 N–H and O–H groups in total. The number of hydrogen-bond acceptors (Lipinski definition) is 2. The standard InChI is InChI=1S/C16H24O2/c1-6-7-8-15(17)18-14-10-9-12(2)11-13(14)16(3,4)5/h9-11H,6-8H2,1-5H3. The quantitative estimate of drug-likeness (QED) is 0.583. The summed E-state index contributed by atoms with van der Waals surface area (Å²) in [5.74, 6) is 0.570. The number of carbonyl (C=O) groups is 1. The van der Waals surface area contributed by atoms with Gasteiger partial charge in [0.2, 0.25) is 0 Å². The van der Waals surface area contributed by atoms with Crippen LogP contribution in [0, 0.1) is 6.92 Å². The summed E-state index contributed by atoms with van der Waals surface area (Å²) >= 11 is 0. The summed E-state index contributed by atoms with van der Waals surface area (Å²) < 4.78 is 5.49. The fourth-order valence-electron chi connectivity index (χ4n) is 1.81. The van der Waals surface area contributed by atoms with E-state index in [4.69, 9.17) is 4.74 Å². The first-order valence-corrected chi connectivity index (χ1v) is 6.66. The number of unbranched alkanes of at least 4 members (excludes halogenated alkanes) is 1. The van der Waals surface area contributed by atoms with Crippen LogP contribution in [0.5, 0.6) is 5.75 Å². The van der Waals surface area contributed by atoms with Gasteiger partial charge in [0, 0.05) is 12.0 Å². The summed E-state index contributed by atoms with van der Waals surface area (Å²) in [7, 11) is 0. The Morgan fingerprint density at radius 1 is 1.28 bits per heavy atom. The average Bonchev–Trinajstić information content (AvgIpc) is 2.27. The molecule has 100 valence electrons. The molecule has 2 nitrogen and oxygen atoms in total. The maximum absolute atomic E-state index is 11.7. The minimum absolute atomic E-state index is 0.0214. The highest BCUT2D eigenvalue weighted by Gasteiger charge is 2.20. The highest BCUT2D eigenvalue weighted by atomic mass is 16.5. The lowest BCUT2D eigenvalue weighted by molar-refractivity contribution is -0.134. The Labute approximate surface area is 110 Å². The van der Waals surface area contributed by atoms with Gasteiger partial charge in [0.15, 0.2) is 0 Å². The molecule has 0 unspecified atom stereocenters. The van der Waals surface area contributed by atoms with Crippen molar-refractivity contribution in [1.29, 1.82) is 0 Å². The minimum atomic E-state index is -0.133. The van der Waals surface area contributed by atoms with Gasteiger partial charge in [-0.05, 0) is 24.8 Å². The van der Waals surface area contributed by atoms with Crippen molar-refractivity contribution in [3.63, 3.8) is 0 Å². The van der Waals surface area contributed by atoms with E-state index >= 15 is 0 Å². The van der Waals surface area contributed by atoms with Crippen LogP contribution in [0.3, 0.4) is 0 Å². The molecule has 0 spiro atoms. The second-order valence-electron chi connectivity index (χ2n) is 5.83. The van der Waals surface area contributed by atoms with E-state index in [9.17, 15) is 4.79 Å². The molecule has 1 rings (SSSR count). The molecule has 1 aromatic rings. The highest BCUT2D eigenvalue weighted by molar-refractivity contribution is 5.73. The molecule has 0 atom stereocenters. The first-order valence-electron chi connectivity index (χ1n) is 6.66. The second-order valence-corrected chi connectivity index (χ2v) is 5.83. The Bertz CT molecular complexity index is 414. The predicted molar refractivity (Wildman–Crippen MR) is 75.0 cm³/mol. The van der Waals surface area contributed by atoms with Crippen molar-refractivity contribution in [2.24, 2.45) is 0 Å². The molecular weight excluding hydrogens is 224 g/mol. The van der Waals surface area contributed by atoms with Crippen LogP contribution >= 0.6 is 0 Å². The van der Waals surface area contributed by atoms with E-state index < -0.39 is 0 Å². The largest absolute Gasteiger partial charge is 0.426 e. The normalized spacial score (nSPS) is 11.4. The third-order valence-electron chi connectivity index (χ3n) is 2.90. The minimum Gasteiger partial charge on any atom is -0.426 e. The number of hydrogen-bond donors (Lipinski definition) is 0. The van der Waals surface area contributed by atoms with E-state index in [-0.39, 0.29) is 11.4 Å². The monoisotopic (exact) mass is 248 g/mol. The van der Waals surface area contributed by atoms with Crippen LogP contribution in [0.1, 0.15) is 58.1 Å². The summed E-state index contributed by atoms with van der Waals surface area (Å²) in [5, 5.41) is 0. The van der Waals surface area contributed by atoms with Crippen LogP contribution in [0.15, 0.2) is 18.2 Å². The van der Waals surface area contributed by atoms with Crippen molar-refractivity contribution < 1.29 is 9.53 Å². The predicted octanol–water partition coefficient (Wildman–Crippen LogP) is 4.39. The van der Waals surface area contributed by atoms with Crippen LogP contribution in [-0.2, 0) is 10.2 Å². The Balaban J connectivity index is 2.92. The molecule has 0 aliphatic rings. The van der Waals surface area contributed by atoms with Crippen molar-refractivity contribution in [3.8, 4) is 5.75 Å². The fraction of sp³-hybridized carbons (Fsp3) is 0.562. The van der Waals surface area contributed by atoms with Crippen molar-refractivity contribution >= 4 is 5.97 Å². The van der Waals surface area contributed by atoms with E-state index in [0.717, 1.165) is 18.4 Å². The molecule has 0 bridgehead atoms. The van der Waals surface area contributed by atoms with Gasteiger partial charge < -0.3 is 4.74 Å². The molecule has 18 heavy (non-hydrogen) atoms. The topological polar surface area (TPSA) is 26.3 Å². The zero-order valence-corrected chi connectivity index (χ0v) is 12.2. The summed E-state index contributed by atoms with van der Waals surface area (Å²) in [5.41, 5.74) is 2.26. The van der Waals surface area contributed by atoms with Crippen molar-refractivity contribution in [1.82, 2.24) is 0 Å². The van der Waals surface area contributed by atoms with Gasteiger partial charge in [-0.25, -0.2) is 0 Å². The van der Waals surface area contributed by atoms with Crippen LogP contribution in [-0.4, -0.2) is 5.97 Å². The first kappa shape index (κ1) is 14.7. The van der Waals surface area contributed by atoms with Gasteiger partial charge in [0.1, 0.15) is 5.75 Å². The molecule has 0 amide bonds. The van der Waals surface area contributed by atoms with E-state index in [2.05, 4.69) is 40.7 Å². The number of esters is 1. The van der Waals surface area contributed by atoms with Crippen molar-refractivity contribution in [3.05, 3.63) is 29.3 Å². The maximum atomic E-state index is 11.7. The molecule has 0 fully saturated rings. The van der Waals surface area contributed by atoms with Gasteiger partial charge in [0.25, 0.3) is 0 Å². The summed E-state index contributed by atoms with van der Waals surface area (Å²) in [6.07, 6.45) is 2.39. The van der Waals surface area contributed by atoms with Crippen LogP contribution in [0.4, 0.5) is 0 Å². The summed E-state index contributed by atoms with van der Waals surface area (Å²) in [6.45, 7) is 10.5. The third-order valence-corrected chi connectivity index (χ3v) is 2.90. The Morgan fingerprint density at radius 3 is 2.50 bits per heavy atom. The van der Waals surface area contributed by atoms with Crippen LogP contribution in [0.2, 0.25) is 0 Å². The average molecular weight is 248 g/mol. The zero-order chi connectivity index (χ0) is 13.8. The molecule has 0 aliphatic carbocycles. The zero-order valence-electron chi connectivity index (χ0n) is 12.2. The molecule has 0 saturated carbocycles.